The highest BCUT2D eigenvalue weighted by Gasteiger charge is 2.07. The van der Waals surface area contributed by atoms with Crippen LogP contribution in [0.15, 0.2) is 42.5 Å². The molecule has 2 aromatic rings. The summed E-state index contributed by atoms with van der Waals surface area (Å²) in [5.41, 5.74) is 6.49. The van der Waals surface area contributed by atoms with Crippen molar-refractivity contribution in [2.75, 3.05) is 10.6 Å². The van der Waals surface area contributed by atoms with Crippen molar-refractivity contribution in [2.45, 2.75) is 12.8 Å². The van der Waals surface area contributed by atoms with Crippen LogP contribution in [0.3, 0.4) is 0 Å². The number of hydrogen-bond acceptors (Lipinski definition) is 2. The van der Waals surface area contributed by atoms with Gasteiger partial charge in [-0.1, -0.05) is 12.1 Å². The van der Waals surface area contributed by atoms with Crippen LogP contribution < -0.4 is 16.4 Å². The highest BCUT2D eigenvalue weighted by atomic mass is 19.2. The summed E-state index contributed by atoms with van der Waals surface area (Å²) in [6.07, 6.45) is 0.390. The molecule has 0 saturated carbocycles. The SMILES string of the molecule is NC(=O)Nc1cccc(NC(=O)CCc2ccc(F)c(F)c2)c1. The molecule has 23 heavy (non-hydrogen) atoms. The molecule has 0 aliphatic rings. The van der Waals surface area contributed by atoms with E-state index in [1.165, 1.54) is 6.07 Å². The van der Waals surface area contributed by atoms with E-state index >= 15 is 0 Å². The number of nitrogens with two attached hydrogens (primary N) is 1. The molecule has 4 N–H and O–H groups in total. The van der Waals surface area contributed by atoms with Crippen molar-refractivity contribution >= 4 is 23.3 Å². The number of nitrogens with one attached hydrogen (secondary N) is 2. The number of rotatable bonds is 5. The molecule has 0 saturated heterocycles. The van der Waals surface area contributed by atoms with Gasteiger partial charge in [0.05, 0.1) is 0 Å². The van der Waals surface area contributed by atoms with Gasteiger partial charge in [0.15, 0.2) is 11.6 Å². The molecule has 0 radical (unpaired) electrons. The summed E-state index contributed by atoms with van der Waals surface area (Å²) in [6, 6.07) is 9.32. The molecule has 0 aliphatic carbocycles. The zero-order valence-electron chi connectivity index (χ0n) is 12.1. The van der Waals surface area contributed by atoms with Gasteiger partial charge in [-0.15, -0.1) is 0 Å². The van der Waals surface area contributed by atoms with Gasteiger partial charge in [-0.3, -0.25) is 4.79 Å². The molecule has 0 heterocycles. The van der Waals surface area contributed by atoms with Crippen LogP contribution in [0.4, 0.5) is 25.0 Å². The molecule has 0 aliphatic heterocycles. The molecule has 0 fully saturated rings. The van der Waals surface area contributed by atoms with E-state index in [0.717, 1.165) is 12.1 Å². The Balaban J connectivity index is 1.91. The van der Waals surface area contributed by atoms with Gasteiger partial charge in [0.2, 0.25) is 5.91 Å². The standard InChI is InChI=1S/C16H15F2N3O2/c17-13-6-4-10(8-14(13)18)5-7-15(22)20-11-2-1-3-12(9-11)21-16(19)23/h1-4,6,8-9H,5,7H2,(H,20,22)(H3,19,21,23). The van der Waals surface area contributed by atoms with Crippen LogP contribution in [0.1, 0.15) is 12.0 Å². The predicted octanol–water partition coefficient (Wildman–Crippen LogP) is 3.03. The molecule has 2 aromatic carbocycles. The lowest BCUT2D eigenvalue weighted by molar-refractivity contribution is -0.116. The lowest BCUT2D eigenvalue weighted by Gasteiger charge is -2.08. The average Bonchev–Trinajstić information content (AvgIpc) is 2.48. The highest BCUT2D eigenvalue weighted by molar-refractivity contribution is 5.93. The number of benzene rings is 2. The molecule has 5 nitrogen and oxygen atoms in total. The second-order valence-electron chi connectivity index (χ2n) is 4.87. The van der Waals surface area contributed by atoms with E-state index in [-0.39, 0.29) is 18.7 Å². The number of hydrogen-bond donors (Lipinski definition) is 3. The molecule has 0 bridgehead atoms. The second kappa shape index (κ2) is 7.35. The normalized spacial score (nSPS) is 10.2. The summed E-state index contributed by atoms with van der Waals surface area (Å²) >= 11 is 0. The Bertz CT molecular complexity index is 735. The maximum absolute atomic E-state index is 13.1. The molecule has 0 atom stereocenters. The lowest BCUT2D eigenvalue weighted by atomic mass is 10.1. The topological polar surface area (TPSA) is 84.2 Å². The summed E-state index contributed by atoms with van der Waals surface area (Å²) in [5.74, 6) is -2.14. The first-order chi connectivity index (χ1) is 10.9. The minimum atomic E-state index is -0.937. The van der Waals surface area contributed by atoms with Crippen molar-refractivity contribution in [1.29, 1.82) is 0 Å². The fraction of sp³-hybridized carbons (Fsp3) is 0.125. The lowest BCUT2D eigenvalue weighted by Crippen LogP contribution is -2.19. The van der Waals surface area contributed by atoms with Crippen molar-refractivity contribution in [3.8, 4) is 0 Å². The van der Waals surface area contributed by atoms with Crippen LogP contribution in [-0.2, 0) is 11.2 Å². The Hall–Kier alpha value is -2.96. The minimum absolute atomic E-state index is 0.110. The predicted molar refractivity (Wildman–Crippen MR) is 83.0 cm³/mol. The first-order valence-electron chi connectivity index (χ1n) is 6.84. The van der Waals surface area contributed by atoms with E-state index in [1.807, 2.05) is 0 Å². The molecular formula is C16H15F2N3O2. The number of carbonyl (C=O) groups excluding carboxylic acids is 2. The largest absolute Gasteiger partial charge is 0.351 e. The van der Waals surface area contributed by atoms with Crippen LogP contribution in [0.25, 0.3) is 0 Å². The van der Waals surface area contributed by atoms with Crippen molar-refractivity contribution < 1.29 is 18.4 Å². The smallest absolute Gasteiger partial charge is 0.316 e. The quantitative estimate of drug-likeness (QED) is 0.791. The number of aryl methyl sites for hydroxylation is 1. The first kappa shape index (κ1) is 16.4. The second-order valence-corrected chi connectivity index (χ2v) is 4.87. The summed E-state index contributed by atoms with van der Waals surface area (Å²) in [7, 11) is 0. The van der Waals surface area contributed by atoms with Gasteiger partial charge < -0.3 is 16.4 Å². The fourth-order valence-corrected chi connectivity index (χ4v) is 1.99. The number of halogens is 2. The number of urea groups is 1. The van der Waals surface area contributed by atoms with Crippen LogP contribution in [0.5, 0.6) is 0 Å². The monoisotopic (exact) mass is 319 g/mol. The number of primary amides is 1. The zero-order valence-corrected chi connectivity index (χ0v) is 12.1. The Kier molecular flexibility index (Phi) is 5.24. The summed E-state index contributed by atoms with van der Waals surface area (Å²) in [4.78, 5) is 22.7. The molecule has 2 rings (SSSR count). The number of anilines is 2. The van der Waals surface area contributed by atoms with Crippen LogP contribution in [0.2, 0.25) is 0 Å². The van der Waals surface area contributed by atoms with Crippen LogP contribution in [0, 0.1) is 11.6 Å². The highest BCUT2D eigenvalue weighted by Crippen LogP contribution is 2.16. The fourth-order valence-electron chi connectivity index (χ4n) is 1.99. The Morgan fingerprint density at radius 1 is 0.957 bits per heavy atom. The average molecular weight is 319 g/mol. The van der Waals surface area contributed by atoms with Crippen LogP contribution >= 0.6 is 0 Å². The van der Waals surface area contributed by atoms with E-state index in [1.54, 1.807) is 24.3 Å². The Morgan fingerprint density at radius 3 is 2.30 bits per heavy atom. The minimum Gasteiger partial charge on any atom is -0.351 e. The summed E-state index contributed by atoms with van der Waals surface area (Å²) < 4.78 is 25.9. The molecule has 0 spiro atoms. The van der Waals surface area contributed by atoms with E-state index in [0.29, 0.717) is 16.9 Å². The van der Waals surface area contributed by atoms with Crippen molar-refractivity contribution in [2.24, 2.45) is 5.73 Å². The number of carbonyl (C=O) groups is 2. The van der Waals surface area contributed by atoms with Gasteiger partial charge in [-0.05, 0) is 42.3 Å². The molecule has 0 unspecified atom stereocenters. The van der Waals surface area contributed by atoms with Crippen molar-refractivity contribution in [3.05, 3.63) is 59.7 Å². The van der Waals surface area contributed by atoms with Gasteiger partial charge in [-0.25, -0.2) is 13.6 Å². The van der Waals surface area contributed by atoms with E-state index < -0.39 is 17.7 Å². The van der Waals surface area contributed by atoms with Gasteiger partial charge >= 0.3 is 6.03 Å². The molecule has 0 aromatic heterocycles. The van der Waals surface area contributed by atoms with Gasteiger partial charge in [0, 0.05) is 17.8 Å². The third-order valence-corrected chi connectivity index (χ3v) is 3.04. The maximum Gasteiger partial charge on any atom is 0.316 e. The van der Waals surface area contributed by atoms with E-state index in [4.69, 9.17) is 5.73 Å². The third kappa shape index (κ3) is 5.06. The van der Waals surface area contributed by atoms with Crippen molar-refractivity contribution in [1.82, 2.24) is 0 Å². The van der Waals surface area contributed by atoms with Gasteiger partial charge in [0.25, 0.3) is 0 Å². The number of amides is 3. The van der Waals surface area contributed by atoms with Gasteiger partial charge in [0.1, 0.15) is 0 Å². The molecule has 3 amide bonds. The molecular weight excluding hydrogens is 304 g/mol. The molecule has 120 valence electrons. The zero-order chi connectivity index (χ0) is 16.8. The summed E-state index contributed by atoms with van der Waals surface area (Å²) in [5, 5.41) is 5.05. The van der Waals surface area contributed by atoms with E-state index in [9.17, 15) is 18.4 Å². The van der Waals surface area contributed by atoms with E-state index in [2.05, 4.69) is 10.6 Å². The van der Waals surface area contributed by atoms with Crippen molar-refractivity contribution in [3.63, 3.8) is 0 Å². The third-order valence-electron chi connectivity index (χ3n) is 3.04. The Labute approximate surface area is 131 Å². The van der Waals surface area contributed by atoms with Crippen LogP contribution in [-0.4, -0.2) is 11.9 Å². The maximum atomic E-state index is 13.1. The Morgan fingerprint density at radius 2 is 1.65 bits per heavy atom. The first-order valence-corrected chi connectivity index (χ1v) is 6.84. The van der Waals surface area contributed by atoms with Gasteiger partial charge in [-0.2, -0.15) is 0 Å². The molecule has 7 heteroatoms. The summed E-state index contributed by atoms with van der Waals surface area (Å²) in [6.45, 7) is 0.